The Morgan fingerprint density at radius 2 is 2.08 bits per heavy atom. The van der Waals surface area contributed by atoms with E-state index in [1.807, 2.05) is 6.07 Å². The minimum atomic E-state index is -0.276. The molecule has 4 rings (SSSR count). The number of carbonyl (C=O) groups is 1. The van der Waals surface area contributed by atoms with Crippen molar-refractivity contribution in [2.75, 3.05) is 23.3 Å². The van der Waals surface area contributed by atoms with Crippen LogP contribution in [0.5, 0.6) is 0 Å². The number of rotatable bonds is 4. The van der Waals surface area contributed by atoms with Crippen LogP contribution in [0.1, 0.15) is 53.3 Å². The van der Waals surface area contributed by atoms with Gasteiger partial charge in [0.25, 0.3) is 5.91 Å². The molecule has 2 heterocycles. The van der Waals surface area contributed by atoms with E-state index >= 15 is 0 Å². The quantitative estimate of drug-likeness (QED) is 0.926. The molecule has 2 aliphatic rings. The first kappa shape index (κ1) is 15.6. The molecule has 7 heteroatoms. The highest BCUT2D eigenvalue weighted by atomic mass is 16.1. The first-order valence-corrected chi connectivity index (χ1v) is 8.67. The van der Waals surface area contributed by atoms with E-state index in [0.717, 1.165) is 50.3 Å². The fourth-order valence-corrected chi connectivity index (χ4v) is 3.20. The van der Waals surface area contributed by atoms with Gasteiger partial charge in [-0.05, 0) is 43.9 Å². The number of hydrogen-bond donors (Lipinski definition) is 1. The smallest absolute Gasteiger partial charge is 0.258 e. The van der Waals surface area contributed by atoms with Crippen molar-refractivity contribution in [2.24, 2.45) is 7.05 Å². The van der Waals surface area contributed by atoms with Crippen molar-refractivity contribution in [3.8, 4) is 6.07 Å². The molecule has 1 N–H and O–H groups in total. The molecule has 2 fully saturated rings. The van der Waals surface area contributed by atoms with Gasteiger partial charge in [0.1, 0.15) is 6.07 Å². The van der Waals surface area contributed by atoms with Crippen molar-refractivity contribution in [3.05, 3.63) is 35.2 Å². The Morgan fingerprint density at radius 1 is 1.32 bits per heavy atom. The number of anilines is 2. The molecule has 2 aromatic rings. The van der Waals surface area contributed by atoms with E-state index in [1.165, 1.54) is 0 Å². The molecule has 1 aromatic carbocycles. The lowest BCUT2D eigenvalue weighted by molar-refractivity contribution is 0.102. The fraction of sp³-hybridized carbons (Fsp3) is 0.444. The number of hydrogen-bond acceptors (Lipinski definition) is 5. The maximum Gasteiger partial charge on any atom is 0.258 e. The summed E-state index contributed by atoms with van der Waals surface area (Å²) >= 11 is 0. The fourth-order valence-electron chi connectivity index (χ4n) is 3.20. The lowest BCUT2D eigenvalue weighted by atomic mass is 10.1. The predicted octanol–water partition coefficient (Wildman–Crippen LogP) is 2.42. The van der Waals surface area contributed by atoms with Crippen LogP contribution in [0, 0.1) is 11.3 Å². The zero-order chi connectivity index (χ0) is 17.4. The van der Waals surface area contributed by atoms with E-state index in [9.17, 15) is 10.1 Å². The van der Waals surface area contributed by atoms with Gasteiger partial charge < -0.3 is 4.90 Å². The van der Waals surface area contributed by atoms with Gasteiger partial charge >= 0.3 is 0 Å². The minimum absolute atomic E-state index is 0.276. The van der Waals surface area contributed by atoms with Crippen molar-refractivity contribution in [1.29, 1.82) is 5.26 Å². The van der Waals surface area contributed by atoms with E-state index in [4.69, 9.17) is 0 Å². The van der Waals surface area contributed by atoms with E-state index in [-0.39, 0.29) is 5.91 Å². The number of amides is 1. The predicted molar refractivity (Wildman–Crippen MR) is 93.5 cm³/mol. The highest BCUT2D eigenvalue weighted by molar-refractivity contribution is 6.04. The Morgan fingerprint density at radius 3 is 2.76 bits per heavy atom. The Labute approximate surface area is 146 Å². The second kappa shape index (κ2) is 6.20. The van der Waals surface area contributed by atoms with Crippen LogP contribution < -0.4 is 10.2 Å². The molecule has 1 amide bonds. The van der Waals surface area contributed by atoms with Gasteiger partial charge in [-0.2, -0.15) is 15.3 Å². The zero-order valence-electron chi connectivity index (χ0n) is 14.2. The molecule has 0 spiro atoms. The standard InChI is InChI=1S/C18H20N6O/c1-23-18(20-16(22-23)12-4-5-12)21-17(25)13-6-7-15(14(10-13)11-19)24-8-2-3-9-24/h6-7,10,12H,2-5,8-9H2,1H3,(H,20,21,22,25). The van der Waals surface area contributed by atoms with E-state index in [2.05, 4.69) is 26.4 Å². The molecule has 7 nitrogen and oxygen atoms in total. The maximum absolute atomic E-state index is 12.5. The van der Waals surface area contributed by atoms with Gasteiger partial charge in [-0.15, -0.1) is 0 Å². The second-order valence-electron chi connectivity index (χ2n) is 6.68. The van der Waals surface area contributed by atoms with E-state index in [0.29, 0.717) is 23.0 Å². The van der Waals surface area contributed by atoms with Crippen LogP contribution in [0.3, 0.4) is 0 Å². The molecule has 0 atom stereocenters. The number of nitrogens with zero attached hydrogens (tertiary/aromatic N) is 5. The molecular formula is C18H20N6O. The highest BCUT2D eigenvalue weighted by Gasteiger charge is 2.29. The zero-order valence-corrected chi connectivity index (χ0v) is 14.2. The van der Waals surface area contributed by atoms with Crippen LogP contribution in [-0.4, -0.2) is 33.8 Å². The molecule has 1 saturated carbocycles. The number of aryl methyl sites for hydroxylation is 1. The third kappa shape index (κ3) is 3.07. The SMILES string of the molecule is Cn1nc(C2CC2)nc1NC(=O)c1ccc(N2CCCC2)c(C#N)c1. The van der Waals surface area contributed by atoms with Crippen LogP contribution >= 0.6 is 0 Å². The molecule has 25 heavy (non-hydrogen) atoms. The molecule has 0 radical (unpaired) electrons. The highest BCUT2D eigenvalue weighted by Crippen LogP contribution is 2.38. The van der Waals surface area contributed by atoms with Gasteiger partial charge in [-0.25, -0.2) is 4.68 Å². The maximum atomic E-state index is 12.5. The number of nitrogens with one attached hydrogen (secondary N) is 1. The summed E-state index contributed by atoms with van der Waals surface area (Å²) in [5.41, 5.74) is 1.90. The van der Waals surface area contributed by atoms with Gasteiger partial charge in [0.15, 0.2) is 5.82 Å². The molecule has 1 saturated heterocycles. The third-order valence-corrected chi connectivity index (χ3v) is 4.77. The largest absolute Gasteiger partial charge is 0.370 e. The first-order chi connectivity index (χ1) is 12.2. The minimum Gasteiger partial charge on any atom is -0.370 e. The molecule has 0 unspecified atom stereocenters. The van der Waals surface area contributed by atoms with Crippen molar-refractivity contribution in [3.63, 3.8) is 0 Å². The molecule has 1 aliphatic carbocycles. The number of aromatic nitrogens is 3. The topological polar surface area (TPSA) is 86.8 Å². The Balaban J connectivity index is 1.54. The van der Waals surface area contributed by atoms with Crippen molar-refractivity contribution in [1.82, 2.24) is 14.8 Å². The van der Waals surface area contributed by atoms with E-state index < -0.39 is 0 Å². The summed E-state index contributed by atoms with van der Waals surface area (Å²) in [6.45, 7) is 1.92. The normalized spacial score (nSPS) is 16.7. The van der Waals surface area contributed by atoms with Crippen molar-refractivity contribution >= 4 is 17.5 Å². The summed E-state index contributed by atoms with van der Waals surface area (Å²) < 4.78 is 1.59. The summed E-state index contributed by atoms with van der Waals surface area (Å²) in [5, 5.41) is 16.6. The average molecular weight is 336 g/mol. The van der Waals surface area contributed by atoms with Crippen molar-refractivity contribution in [2.45, 2.75) is 31.6 Å². The Bertz CT molecular complexity index is 855. The molecule has 1 aromatic heterocycles. The molecular weight excluding hydrogens is 316 g/mol. The number of carbonyl (C=O) groups excluding carboxylic acids is 1. The Hall–Kier alpha value is -2.88. The van der Waals surface area contributed by atoms with Crippen LogP contribution in [0.25, 0.3) is 0 Å². The van der Waals surface area contributed by atoms with Crippen LogP contribution in [0.2, 0.25) is 0 Å². The van der Waals surface area contributed by atoms with Crippen LogP contribution in [0.4, 0.5) is 11.6 Å². The second-order valence-corrected chi connectivity index (χ2v) is 6.68. The summed E-state index contributed by atoms with van der Waals surface area (Å²) in [7, 11) is 1.77. The number of nitriles is 1. The van der Waals surface area contributed by atoms with Gasteiger partial charge in [-0.1, -0.05) is 0 Å². The lowest BCUT2D eigenvalue weighted by Gasteiger charge is -2.19. The monoisotopic (exact) mass is 336 g/mol. The summed E-state index contributed by atoms with van der Waals surface area (Å²) in [6.07, 6.45) is 4.51. The van der Waals surface area contributed by atoms with Gasteiger partial charge in [0.05, 0.1) is 11.3 Å². The molecule has 0 bridgehead atoms. The Kier molecular flexibility index (Phi) is 3.88. The van der Waals surface area contributed by atoms with Crippen LogP contribution in [-0.2, 0) is 7.05 Å². The van der Waals surface area contributed by atoms with Gasteiger partial charge in [-0.3, -0.25) is 10.1 Å². The molecule has 128 valence electrons. The van der Waals surface area contributed by atoms with Crippen molar-refractivity contribution < 1.29 is 4.79 Å². The van der Waals surface area contributed by atoms with E-state index in [1.54, 1.807) is 23.9 Å². The summed E-state index contributed by atoms with van der Waals surface area (Å²) in [5.74, 6) is 1.39. The molecule has 1 aliphatic heterocycles. The average Bonchev–Trinajstić information content (AvgIpc) is 3.21. The first-order valence-electron chi connectivity index (χ1n) is 8.67. The third-order valence-electron chi connectivity index (χ3n) is 4.77. The summed E-state index contributed by atoms with van der Waals surface area (Å²) in [6, 6.07) is 7.50. The number of benzene rings is 1. The van der Waals surface area contributed by atoms with Crippen LogP contribution in [0.15, 0.2) is 18.2 Å². The lowest BCUT2D eigenvalue weighted by Crippen LogP contribution is -2.20. The van der Waals surface area contributed by atoms with Gasteiger partial charge in [0, 0.05) is 31.6 Å². The summed E-state index contributed by atoms with van der Waals surface area (Å²) in [4.78, 5) is 19.2. The van der Waals surface area contributed by atoms with Gasteiger partial charge in [0.2, 0.25) is 5.95 Å².